The smallest absolute Gasteiger partial charge is 0.325 e. The standard InChI is InChI=1S/C10H11Cl2N3O3/c1-3-15(5-8(16)18-2)10(17)6-4-7(11)13-14-9(6)12/h4H,3,5H2,1-2H3. The van der Waals surface area contributed by atoms with Crippen molar-refractivity contribution < 1.29 is 14.3 Å². The lowest BCUT2D eigenvalue weighted by atomic mass is 10.2. The number of carbonyl (C=O) groups excluding carboxylic acids is 2. The molecule has 0 aliphatic heterocycles. The van der Waals surface area contributed by atoms with Crippen LogP contribution in [0.1, 0.15) is 17.3 Å². The van der Waals surface area contributed by atoms with Crippen LogP contribution in [0.15, 0.2) is 6.07 Å². The van der Waals surface area contributed by atoms with Crippen LogP contribution >= 0.6 is 23.2 Å². The molecule has 0 saturated carbocycles. The van der Waals surface area contributed by atoms with Gasteiger partial charge in [-0.05, 0) is 13.0 Å². The van der Waals surface area contributed by atoms with Gasteiger partial charge in [-0.3, -0.25) is 9.59 Å². The number of likely N-dealkylation sites (N-methyl/N-ethyl adjacent to an activating group) is 1. The molecule has 6 nitrogen and oxygen atoms in total. The second kappa shape index (κ2) is 6.51. The van der Waals surface area contributed by atoms with Crippen LogP contribution in [-0.2, 0) is 9.53 Å². The highest BCUT2D eigenvalue weighted by atomic mass is 35.5. The third-order valence-corrected chi connectivity index (χ3v) is 2.63. The number of halogens is 2. The number of hydrogen-bond acceptors (Lipinski definition) is 5. The Bertz CT molecular complexity index is 468. The van der Waals surface area contributed by atoms with Crippen molar-refractivity contribution in [2.75, 3.05) is 20.2 Å². The van der Waals surface area contributed by atoms with Crippen LogP contribution in [-0.4, -0.2) is 47.2 Å². The zero-order valence-electron chi connectivity index (χ0n) is 9.81. The van der Waals surface area contributed by atoms with Gasteiger partial charge < -0.3 is 9.64 Å². The number of ether oxygens (including phenoxy) is 1. The van der Waals surface area contributed by atoms with Gasteiger partial charge in [0.1, 0.15) is 6.54 Å². The van der Waals surface area contributed by atoms with Gasteiger partial charge in [0, 0.05) is 6.54 Å². The van der Waals surface area contributed by atoms with Crippen molar-refractivity contribution >= 4 is 35.1 Å². The van der Waals surface area contributed by atoms with Crippen molar-refractivity contribution in [3.8, 4) is 0 Å². The van der Waals surface area contributed by atoms with Crippen LogP contribution < -0.4 is 0 Å². The lowest BCUT2D eigenvalue weighted by Gasteiger charge is -2.19. The maximum atomic E-state index is 12.1. The van der Waals surface area contributed by atoms with Crippen LogP contribution in [0.4, 0.5) is 0 Å². The first kappa shape index (κ1) is 14.7. The third kappa shape index (κ3) is 3.54. The van der Waals surface area contributed by atoms with E-state index in [0.29, 0.717) is 6.54 Å². The van der Waals surface area contributed by atoms with Gasteiger partial charge in [-0.1, -0.05) is 23.2 Å². The van der Waals surface area contributed by atoms with Gasteiger partial charge in [0.25, 0.3) is 5.91 Å². The minimum absolute atomic E-state index is 0.0527. The average molecular weight is 292 g/mol. The van der Waals surface area contributed by atoms with Gasteiger partial charge in [-0.2, -0.15) is 0 Å². The van der Waals surface area contributed by atoms with E-state index >= 15 is 0 Å². The van der Waals surface area contributed by atoms with Crippen LogP contribution in [0.5, 0.6) is 0 Å². The van der Waals surface area contributed by atoms with E-state index in [2.05, 4.69) is 14.9 Å². The quantitative estimate of drug-likeness (QED) is 0.785. The normalized spacial score (nSPS) is 10.0. The summed E-state index contributed by atoms with van der Waals surface area (Å²) in [5.74, 6) is -0.973. The SMILES string of the molecule is CCN(CC(=O)OC)C(=O)c1cc(Cl)nnc1Cl. The van der Waals surface area contributed by atoms with E-state index in [1.54, 1.807) is 6.92 Å². The first-order chi connectivity index (χ1) is 8.49. The lowest BCUT2D eigenvalue weighted by molar-refractivity contribution is -0.141. The molecule has 1 rings (SSSR count). The minimum Gasteiger partial charge on any atom is -0.468 e. The summed E-state index contributed by atoms with van der Waals surface area (Å²) in [7, 11) is 1.25. The molecular formula is C10H11Cl2N3O3. The maximum Gasteiger partial charge on any atom is 0.325 e. The monoisotopic (exact) mass is 291 g/mol. The number of methoxy groups -OCH3 is 1. The van der Waals surface area contributed by atoms with Crippen LogP contribution in [0.25, 0.3) is 0 Å². The molecule has 0 spiro atoms. The molecule has 0 N–H and O–H groups in total. The van der Waals surface area contributed by atoms with Crippen molar-refractivity contribution in [3.63, 3.8) is 0 Å². The average Bonchev–Trinajstić information content (AvgIpc) is 2.37. The van der Waals surface area contributed by atoms with Crippen molar-refractivity contribution in [1.29, 1.82) is 0 Å². The lowest BCUT2D eigenvalue weighted by Crippen LogP contribution is -2.36. The highest BCUT2D eigenvalue weighted by molar-refractivity contribution is 6.34. The Morgan fingerprint density at radius 3 is 2.61 bits per heavy atom. The van der Waals surface area contributed by atoms with Crippen LogP contribution in [0.2, 0.25) is 10.3 Å². The highest BCUT2D eigenvalue weighted by Gasteiger charge is 2.21. The van der Waals surface area contributed by atoms with Crippen molar-refractivity contribution in [2.45, 2.75) is 6.92 Å². The molecule has 0 atom stereocenters. The van der Waals surface area contributed by atoms with Crippen molar-refractivity contribution in [1.82, 2.24) is 15.1 Å². The molecule has 98 valence electrons. The molecular weight excluding hydrogens is 281 g/mol. The molecule has 1 aromatic rings. The number of amides is 1. The fraction of sp³-hybridized carbons (Fsp3) is 0.400. The van der Waals surface area contributed by atoms with E-state index in [0.717, 1.165) is 0 Å². The highest BCUT2D eigenvalue weighted by Crippen LogP contribution is 2.17. The summed E-state index contributed by atoms with van der Waals surface area (Å²) in [6.45, 7) is 1.89. The molecule has 1 heterocycles. The molecule has 1 aromatic heterocycles. The van der Waals surface area contributed by atoms with E-state index in [4.69, 9.17) is 23.2 Å². The van der Waals surface area contributed by atoms with Gasteiger partial charge in [0.15, 0.2) is 10.3 Å². The summed E-state index contributed by atoms with van der Waals surface area (Å²) in [4.78, 5) is 24.5. The molecule has 0 unspecified atom stereocenters. The Morgan fingerprint density at radius 1 is 1.39 bits per heavy atom. The Balaban J connectivity index is 2.96. The molecule has 0 fully saturated rings. The van der Waals surface area contributed by atoms with Crippen molar-refractivity contribution in [2.24, 2.45) is 0 Å². The summed E-state index contributed by atoms with van der Waals surface area (Å²) in [5, 5.41) is 7.03. The van der Waals surface area contributed by atoms with Crippen LogP contribution in [0.3, 0.4) is 0 Å². The Morgan fingerprint density at radius 2 is 2.06 bits per heavy atom. The molecule has 0 aliphatic carbocycles. The first-order valence-electron chi connectivity index (χ1n) is 5.04. The molecule has 1 amide bonds. The van der Waals surface area contributed by atoms with E-state index in [-0.39, 0.29) is 22.4 Å². The zero-order chi connectivity index (χ0) is 13.7. The van der Waals surface area contributed by atoms with Crippen molar-refractivity contribution in [3.05, 3.63) is 21.9 Å². The fourth-order valence-corrected chi connectivity index (χ4v) is 1.54. The second-order valence-corrected chi connectivity index (χ2v) is 4.01. The summed E-state index contributed by atoms with van der Waals surface area (Å²) in [5.41, 5.74) is 0.0995. The van der Waals surface area contributed by atoms with E-state index in [1.165, 1.54) is 18.1 Å². The molecule has 0 saturated heterocycles. The first-order valence-corrected chi connectivity index (χ1v) is 5.80. The summed E-state index contributed by atoms with van der Waals surface area (Å²) < 4.78 is 4.50. The van der Waals surface area contributed by atoms with Gasteiger partial charge in [-0.25, -0.2) is 0 Å². The number of hydrogen-bond donors (Lipinski definition) is 0. The number of esters is 1. The molecule has 0 aromatic carbocycles. The Kier molecular flexibility index (Phi) is 5.30. The van der Waals surface area contributed by atoms with E-state index in [9.17, 15) is 9.59 Å². The minimum atomic E-state index is -0.519. The third-order valence-electron chi connectivity index (χ3n) is 2.17. The zero-order valence-corrected chi connectivity index (χ0v) is 11.3. The number of aromatic nitrogens is 2. The number of nitrogens with zero attached hydrogens (tertiary/aromatic N) is 3. The molecule has 18 heavy (non-hydrogen) atoms. The Labute approximate surface area is 114 Å². The van der Waals surface area contributed by atoms with E-state index in [1.807, 2.05) is 0 Å². The molecule has 0 bridgehead atoms. The predicted octanol–water partition coefficient (Wildman–Crippen LogP) is 1.42. The largest absolute Gasteiger partial charge is 0.468 e. The summed E-state index contributed by atoms with van der Waals surface area (Å²) in [6, 6.07) is 1.30. The summed E-state index contributed by atoms with van der Waals surface area (Å²) >= 11 is 11.4. The van der Waals surface area contributed by atoms with E-state index < -0.39 is 11.9 Å². The topological polar surface area (TPSA) is 72.4 Å². The Hall–Kier alpha value is -1.40. The maximum absolute atomic E-state index is 12.1. The van der Waals surface area contributed by atoms with Gasteiger partial charge in [-0.15, -0.1) is 10.2 Å². The van der Waals surface area contributed by atoms with Gasteiger partial charge in [0.2, 0.25) is 0 Å². The van der Waals surface area contributed by atoms with Crippen LogP contribution in [0, 0.1) is 0 Å². The molecule has 0 radical (unpaired) electrons. The number of rotatable bonds is 4. The molecule has 8 heteroatoms. The predicted molar refractivity (Wildman–Crippen MR) is 65.6 cm³/mol. The van der Waals surface area contributed by atoms with Gasteiger partial charge in [0.05, 0.1) is 12.7 Å². The summed E-state index contributed by atoms with van der Waals surface area (Å²) in [6.07, 6.45) is 0. The number of carbonyl (C=O) groups is 2. The fourth-order valence-electron chi connectivity index (χ4n) is 1.22. The molecule has 0 aliphatic rings. The van der Waals surface area contributed by atoms with Gasteiger partial charge >= 0.3 is 5.97 Å². The second-order valence-electron chi connectivity index (χ2n) is 3.27.